The molecule has 0 bridgehead atoms. The number of ether oxygens (including phenoxy) is 2. The van der Waals surface area contributed by atoms with Gasteiger partial charge in [-0.15, -0.1) is 0 Å². The molecule has 0 saturated carbocycles. The lowest BCUT2D eigenvalue weighted by atomic mass is 10.0. The van der Waals surface area contributed by atoms with Crippen LogP contribution in [0.25, 0.3) is 0 Å². The van der Waals surface area contributed by atoms with Gasteiger partial charge in [-0.1, -0.05) is 271 Å². The van der Waals surface area contributed by atoms with E-state index in [0.717, 1.165) is 32.1 Å². The van der Waals surface area contributed by atoms with Crippen LogP contribution in [0, 0.1) is 0 Å². The molecule has 0 aromatic rings. The first kappa shape index (κ1) is 62.0. The summed E-state index contributed by atoms with van der Waals surface area (Å²) < 4.78 is 33.0. The summed E-state index contributed by atoms with van der Waals surface area (Å²) >= 11 is 0. The first-order valence-corrected chi connectivity index (χ1v) is 29.0. The summed E-state index contributed by atoms with van der Waals surface area (Å²) in [4.78, 5) is 35.1. The van der Waals surface area contributed by atoms with Gasteiger partial charge in [0.2, 0.25) is 0 Å². The number of unbranched alkanes of at least 4 members (excludes halogenated alkanes) is 40. The van der Waals surface area contributed by atoms with Gasteiger partial charge in [-0.25, -0.2) is 4.57 Å². The Labute approximate surface area is 390 Å². The van der Waals surface area contributed by atoms with Crippen LogP contribution in [0.2, 0.25) is 0 Å². The Morgan fingerprint density at radius 1 is 0.413 bits per heavy atom. The van der Waals surface area contributed by atoms with Crippen LogP contribution >= 0.6 is 7.82 Å². The van der Waals surface area contributed by atoms with Gasteiger partial charge in [0.25, 0.3) is 0 Å². The molecule has 0 heterocycles. The van der Waals surface area contributed by atoms with Gasteiger partial charge in [0.15, 0.2) is 6.10 Å². The average molecular weight is 916 g/mol. The zero-order valence-corrected chi connectivity index (χ0v) is 42.7. The highest BCUT2D eigenvalue weighted by molar-refractivity contribution is 7.47. The van der Waals surface area contributed by atoms with Crippen LogP contribution in [0.5, 0.6) is 0 Å². The van der Waals surface area contributed by atoms with Crippen LogP contribution in [-0.2, 0) is 32.7 Å². The lowest BCUT2D eigenvalue weighted by Gasteiger charge is -2.19. The molecule has 376 valence electrons. The summed E-state index contributed by atoms with van der Waals surface area (Å²) in [5.74, 6) is -0.804. The third-order valence-electron chi connectivity index (χ3n) is 12.5. The topological polar surface area (TPSA) is 134 Å². The number of phosphoric acid groups is 1. The molecule has 0 aliphatic heterocycles. The van der Waals surface area contributed by atoms with Gasteiger partial charge in [0.05, 0.1) is 13.2 Å². The number of carbonyl (C=O) groups excluding carboxylic acids is 2. The molecule has 0 aliphatic carbocycles. The van der Waals surface area contributed by atoms with Crippen molar-refractivity contribution in [2.24, 2.45) is 5.73 Å². The Balaban J connectivity index is 3.94. The van der Waals surface area contributed by atoms with Crippen molar-refractivity contribution in [1.82, 2.24) is 0 Å². The molecular weight excluding hydrogens is 810 g/mol. The fourth-order valence-electron chi connectivity index (χ4n) is 8.40. The number of hydrogen-bond acceptors (Lipinski definition) is 8. The van der Waals surface area contributed by atoms with E-state index in [2.05, 4.69) is 13.8 Å². The first-order valence-electron chi connectivity index (χ1n) is 27.5. The molecular formula is C53H106NO8P. The van der Waals surface area contributed by atoms with Crippen molar-refractivity contribution in [2.45, 2.75) is 302 Å². The number of esters is 2. The van der Waals surface area contributed by atoms with Crippen LogP contribution in [0.15, 0.2) is 0 Å². The zero-order valence-electron chi connectivity index (χ0n) is 41.8. The second kappa shape index (κ2) is 50.4. The zero-order chi connectivity index (χ0) is 46.0. The molecule has 2 atom stereocenters. The average Bonchev–Trinajstić information content (AvgIpc) is 3.27. The maximum Gasteiger partial charge on any atom is 0.472 e. The van der Waals surface area contributed by atoms with Gasteiger partial charge in [-0.05, 0) is 12.8 Å². The Morgan fingerprint density at radius 3 is 0.968 bits per heavy atom. The van der Waals surface area contributed by atoms with E-state index >= 15 is 0 Å². The highest BCUT2D eigenvalue weighted by atomic mass is 31.2. The van der Waals surface area contributed by atoms with Crippen molar-refractivity contribution >= 4 is 19.8 Å². The van der Waals surface area contributed by atoms with Crippen molar-refractivity contribution in [3.05, 3.63) is 0 Å². The fraction of sp³-hybridized carbons (Fsp3) is 0.962. The lowest BCUT2D eigenvalue weighted by Crippen LogP contribution is -2.29. The summed E-state index contributed by atoms with van der Waals surface area (Å²) in [5.41, 5.74) is 5.38. The number of hydrogen-bond donors (Lipinski definition) is 2. The number of rotatable bonds is 53. The fourth-order valence-corrected chi connectivity index (χ4v) is 9.17. The quantitative estimate of drug-likeness (QED) is 0.0347. The van der Waals surface area contributed by atoms with Crippen LogP contribution in [0.1, 0.15) is 296 Å². The summed E-state index contributed by atoms with van der Waals surface area (Å²) in [6.07, 6.45) is 54.3. The smallest absolute Gasteiger partial charge is 0.462 e. The maximum atomic E-state index is 12.7. The Morgan fingerprint density at radius 2 is 0.683 bits per heavy atom. The van der Waals surface area contributed by atoms with E-state index in [0.29, 0.717) is 6.42 Å². The molecule has 0 aromatic heterocycles. The first-order chi connectivity index (χ1) is 30.8. The van der Waals surface area contributed by atoms with Crippen LogP contribution in [0.4, 0.5) is 0 Å². The summed E-state index contributed by atoms with van der Waals surface area (Å²) in [5, 5.41) is 0. The van der Waals surface area contributed by atoms with Crippen molar-refractivity contribution in [3.63, 3.8) is 0 Å². The van der Waals surface area contributed by atoms with Crippen LogP contribution < -0.4 is 5.73 Å². The summed E-state index contributed by atoms with van der Waals surface area (Å²) in [6, 6.07) is 0. The van der Waals surface area contributed by atoms with Crippen molar-refractivity contribution < 1.29 is 37.6 Å². The second-order valence-corrected chi connectivity index (χ2v) is 20.3. The van der Waals surface area contributed by atoms with E-state index in [9.17, 15) is 19.0 Å². The largest absolute Gasteiger partial charge is 0.472 e. The predicted molar refractivity (Wildman–Crippen MR) is 266 cm³/mol. The summed E-state index contributed by atoms with van der Waals surface area (Å²) in [6.45, 7) is 3.82. The molecule has 0 spiro atoms. The second-order valence-electron chi connectivity index (χ2n) is 18.8. The maximum absolute atomic E-state index is 12.7. The van der Waals surface area contributed by atoms with E-state index in [1.54, 1.807) is 0 Å². The third kappa shape index (κ3) is 50.3. The monoisotopic (exact) mass is 916 g/mol. The Hall–Kier alpha value is -0.990. The van der Waals surface area contributed by atoms with E-state index in [1.165, 1.54) is 231 Å². The van der Waals surface area contributed by atoms with Gasteiger partial charge in [-0.2, -0.15) is 0 Å². The lowest BCUT2D eigenvalue weighted by molar-refractivity contribution is -0.161. The molecule has 9 nitrogen and oxygen atoms in total. The van der Waals surface area contributed by atoms with Crippen LogP contribution in [-0.4, -0.2) is 49.3 Å². The standard InChI is InChI=1S/C53H106NO8P/c1-3-5-7-9-11-13-15-17-19-21-23-25-26-28-29-31-33-35-37-39-41-43-45-52(55)59-49-51(50-61-63(57,58)60-48-47-54)62-53(56)46-44-42-40-38-36-34-32-30-27-24-22-20-18-16-14-12-10-8-6-4-2/h51H,3-50,54H2,1-2H3,(H,57,58)/t51-/m1/s1. The number of nitrogens with two attached hydrogens (primary N) is 1. The molecule has 0 amide bonds. The number of phosphoric ester groups is 1. The van der Waals surface area contributed by atoms with E-state index in [4.69, 9.17) is 24.3 Å². The van der Waals surface area contributed by atoms with E-state index in [1.807, 2.05) is 0 Å². The minimum Gasteiger partial charge on any atom is -0.462 e. The molecule has 1 unspecified atom stereocenters. The molecule has 0 radical (unpaired) electrons. The molecule has 0 aromatic carbocycles. The minimum atomic E-state index is -4.38. The molecule has 0 aliphatic rings. The molecule has 63 heavy (non-hydrogen) atoms. The minimum absolute atomic E-state index is 0.0585. The highest BCUT2D eigenvalue weighted by Crippen LogP contribution is 2.43. The van der Waals surface area contributed by atoms with Gasteiger partial charge >= 0.3 is 19.8 Å². The third-order valence-corrected chi connectivity index (χ3v) is 13.5. The van der Waals surface area contributed by atoms with Crippen molar-refractivity contribution in [1.29, 1.82) is 0 Å². The molecule has 10 heteroatoms. The normalized spacial score (nSPS) is 13.0. The molecule has 0 saturated heterocycles. The molecule has 3 N–H and O–H groups in total. The Bertz CT molecular complexity index is 1000. The van der Waals surface area contributed by atoms with Gasteiger partial charge < -0.3 is 20.1 Å². The van der Waals surface area contributed by atoms with Crippen LogP contribution in [0.3, 0.4) is 0 Å². The van der Waals surface area contributed by atoms with Gasteiger partial charge in [0, 0.05) is 19.4 Å². The summed E-state index contributed by atoms with van der Waals surface area (Å²) in [7, 11) is -4.38. The van der Waals surface area contributed by atoms with E-state index in [-0.39, 0.29) is 38.6 Å². The van der Waals surface area contributed by atoms with Gasteiger partial charge in [-0.3, -0.25) is 18.6 Å². The SMILES string of the molecule is CCCCCCCCCCCCCCCCCCCCCCCCC(=O)OC[C@H](COP(=O)(O)OCCN)OC(=O)CCCCCCCCCCCCCCCCCCCCCC. The molecule has 0 fully saturated rings. The van der Waals surface area contributed by atoms with Crippen molar-refractivity contribution in [3.8, 4) is 0 Å². The van der Waals surface area contributed by atoms with Crippen molar-refractivity contribution in [2.75, 3.05) is 26.4 Å². The predicted octanol–water partition coefficient (Wildman–Crippen LogP) is 16.7. The Kier molecular flexibility index (Phi) is 49.6. The highest BCUT2D eigenvalue weighted by Gasteiger charge is 2.26. The molecule has 0 rings (SSSR count). The van der Waals surface area contributed by atoms with Gasteiger partial charge in [0.1, 0.15) is 6.61 Å². The van der Waals surface area contributed by atoms with E-state index < -0.39 is 26.5 Å². The number of carbonyl (C=O) groups is 2.